The molecule has 3 aromatic carbocycles. The van der Waals surface area contributed by atoms with Crippen LogP contribution in [0.5, 0.6) is 5.75 Å². The third-order valence-electron chi connectivity index (χ3n) is 6.84. The smallest absolute Gasteiger partial charge is 0.324 e. The van der Waals surface area contributed by atoms with Crippen LogP contribution >= 0.6 is 34.8 Å². The van der Waals surface area contributed by atoms with Crippen LogP contribution in [0.3, 0.4) is 0 Å². The SMILES string of the molecule is Cc1ccc(-n2nc(C(C)(C)C)cc2NC(=O)Nc2ccc(OCc3ccnc(NC(=O)CCl)c3)c3ccccc23)cc1.O=C(Cl)CCl. The predicted molar refractivity (Wildman–Crippen MR) is 193 cm³/mol. The number of aryl methyl sites for hydroxylation is 1. The number of aromatic nitrogens is 3. The van der Waals surface area contributed by atoms with E-state index in [1.807, 2.05) is 79.7 Å². The molecule has 0 fully saturated rings. The zero-order valence-corrected chi connectivity index (χ0v) is 29.1. The van der Waals surface area contributed by atoms with Crippen LogP contribution < -0.4 is 20.7 Å². The Labute approximate surface area is 293 Å². The highest BCUT2D eigenvalue weighted by Crippen LogP contribution is 2.33. The first-order valence-corrected chi connectivity index (χ1v) is 16.3. The molecule has 0 atom stereocenters. The van der Waals surface area contributed by atoms with Crippen molar-refractivity contribution in [3.05, 3.63) is 102 Å². The molecule has 0 aliphatic rings. The van der Waals surface area contributed by atoms with Crippen LogP contribution in [-0.4, -0.2) is 43.7 Å². The second kappa shape index (κ2) is 16.5. The van der Waals surface area contributed by atoms with Crippen molar-refractivity contribution in [2.24, 2.45) is 0 Å². The minimum atomic E-state index is -0.508. The lowest BCUT2D eigenvalue weighted by Gasteiger charge is -2.15. The Bertz CT molecular complexity index is 1910. The molecule has 13 heteroatoms. The van der Waals surface area contributed by atoms with Gasteiger partial charge in [0, 0.05) is 28.5 Å². The molecule has 0 spiro atoms. The van der Waals surface area contributed by atoms with E-state index >= 15 is 0 Å². The van der Waals surface area contributed by atoms with Crippen LogP contribution in [0, 0.1) is 6.92 Å². The number of fused-ring (bicyclic) bond motifs is 1. The lowest BCUT2D eigenvalue weighted by Crippen LogP contribution is -2.21. The number of nitrogens with zero attached hydrogens (tertiary/aromatic N) is 3. The lowest BCUT2D eigenvalue weighted by atomic mass is 9.92. The minimum Gasteiger partial charge on any atom is -0.488 e. The number of hydrogen-bond acceptors (Lipinski definition) is 6. The Morgan fingerprint density at radius 2 is 1.54 bits per heavy atom. The number of rotatable bonds is 9. The highest BCUT2D eigenvalue weighted by Gasteiger charge is 2.22. The van der Waals surface area contributed by atoms with Gasteiger partial charge in [-0.25, -0.2) is 14.5 Å². The Kier molecular flexibility index (Phi) is 12.4. The number of carbonyl (C=O) groups is 3. The van der Waals surface area contributed by atoms with Crippen molar-refractivity contribution in [2.75, 3.05) is 27.7 Å². The fourth-order valence-corrected chi connectivity index (χ4v) is 4.53. The number of anilines is 3. The maximum Gasteiger partial charge on any atom is 0.324 e. The summed E-state index contributed by atoms with van der Waals surface area (Å²) in [7, 11) is 0. The van der Waals surface area contributed by atoms with E-state index in [1.54, 1.807) is 16.9 Å². The third kappa shape index (κ3) is 9.93. The Morgan fingerprint density at radius 1 is 0.854 bits per heavy atom. The molecule has 2 aromatic heterocycles. The highest BCUT2D eigenvalue weighted by molar-refractivity contribution is 6.67. The number of carbonyl (C=O) groups excluding carboxylic acids is 3. The number of alkyl halides is 2. The van der Waals surface area contributed by atoms with Crippen molar-refractivity contribution in [3.8, 4) is 11.4 Å². The Balaban J connectivity index is 0.000000968. The zero-order chi connectivity index (χ0) is 34.8. The first-order valence-electron chi connectivity index (χ1n) is 14.8. The van der Waals surface area contributed by atoms with E-state index in [-0.39, 0.29) is 29.7 Å². The summed E-state index contributed by atoms with van der Waals surface area (Å²) in [5, 5.41) is 14.6. The van der Waals surface area contributed by atoms with E-state index in [0.29, 0.717) is 23.1 Å². The molecule has 5 aromatic rings. The molecular formula is C35H35Cl3N6O4. The van der Waals surface area contributed by atoms with E-state index in [1.165, 1.54) is 0 Å². The summed E-state index contributed by atoms with van der Waals surface area (Å²) in [6.45, 7) is 8.54. The monoisotopic (exact) mass is 708 g/mol. The van der Waals surface area contributed by atoms with Gasteiger partial charge in [0.25, 0.3) is 0 Å². The van der Waals surface area contributed by atoms with Gasteiger partial charge in [-0.2, -0.15) is 5.10 Å². The molecular weight excluding hydrogens is 675 g/mol. The van der Waals surface area contributed by atoms with Gasteiger partial charge in [-0.1, -0.05) is 62.7 Å². The largest absolute Gasteiger partial charge is 0.488 e. The molecule has 0 unspecified atom stereocenters. The van der Waals surface area contributed by atoms with Gasteiger partial charge >= 0.3 is 6.03 Å². The molecule has 0 aliphatic carbocycles. The molecule has 0 bridgehead atoms. The van der Waals surface area contributed by atoms with Crippen molar-refractivity contribution in [1.29, 1.82) is 0 Å². The van der Waals surface area contributed by atoms with Crippen LogP contribution in [0.25, 0.3) is 16.5 Å². The summed E-state index contributed by atoms with van der Waals surface area (Å²) in [5.74, 6) is 1.04. The molecule has 0 saturated heterocycles. The van der Waals surface area contributed by atoms with Gasteiger partial charge < -0.3 is 15.4 Å². The van der Waals surface area contributed by atoms with E-state index in [4.69, 9.17) is 44.6 Å². The van der Waals surface area contributed by atoms with Crippen molar-refractivity contribution in [2.45, 2.75) is 39.7 Å². The third-order valence-corrected chi connectivity index (χ3v) is 7.60. The fraction of sp³-hybridized carbons (Fsp3) is 0.229. The fourth-order valence-electron chi connectivity index (χ4n) is 4.47. The summed E-state index contributed by atoms with van der Waals surface area (Å²) < 4.78 is 7.90. The van der Waals surface area contributed by atoms with Crippen LogP contribution in [0.4, 0.5) is 22.1 Å². The van der Waals surface area contributed by atoms with Crippen molar-refractivity contribution in [3.63, 3.8) is 0 Å². The number of pyridine rings is 1. The Morgan fingerprint density at radius 3 is 2.19 bits per heavy atom. The number of hydrogen-bond donors (Lipinski definition) is 3. The number of nitrogens with one attached hydrogen (secondary N) is 3. The second-order valence-corrected chi connectivity index (χ2v) is 12.6. The van der Waals surface area contributed by atoms with Crippen LogP contribution in [0.1, 0.15) is 37.6 Å². The highest BCUT2D eigenvalue weighted by atomic mass is 35.5. The molecule has 3 N–H and O–H groups in total. The van der Waals surface area contributed by atoms with Crippen molar-refractivity contribution in [1.82, 2.24) is 14.8 Å². The molecule has 48 heavy (non-hydrogen) atoms. The van der Waals surface area contributed by atoms with Gasteiger partial charge in [0.1, 0.15) is 29.9 Å². The van der Waals surface area contributed by atoms with Gasteiger partial charge in [0.2, 0.25) is 11.1 Å². The van der Waals surface area contributed by atoms with E-state index in [9.17, 15) is 14.4 Å². The van der Waals surface area contributed by atoms with Gasteiger partial charge in [0.15, 0.2) is 0 Å². The van der Waals surface area contributed by atoms with Gasteiger partial charge in [-0.05, 0) is 60.5 Å². The molecule has 250 valence electrons. The lowest BCUT2D eigenvalue weighted by molar-refractivity contribution is -0.114. The van der Waals surface area contributed by atoms with Gasteiger partial charge in [0.05, 0.1) is 22.9 Å². The summed E-state index contributed by atoms with van der Waals surface area (Å²) in [5.41, 5.74) is 4.10. The first kappa shape index (κ1) is 36.2. The normalized spacial score (nSPS) is 10.9. The number of benzene rings is 3. The van der Waals surface area contributed by atoms with E-state index < -0.39 is 11.3 Å². The Hall–Kier alpha value is -4.64. The van der Waals surface area contributed by atoms with E-state index in [2.05, 4.69) is 41.7 Å². The molecule has 3 amide bonds. The summed E-state index contributed by atoms with van der Waals surface area (Å²) in [6.07, 6.45) is 1.60. The zero-order valence-electron chi connectivity index (χ0n) is 26.8. The topological polar surface area (TPSA) is 127 Å². The van der Waals surface area contributed by atoms with Crippen molar-refractivity contribution < 1.29 is 19.1 Å². The van der Waals surface area contributed by atoms with Crippen LogP contribution in [-0.2, 0) is 21.6 Å². The van der Waals surface area contributed by atoms with Gasteiger partial charge in [-0.3, -0.25) is 14.9 Å². The number of urea groups is 1. The average Bonchev–Trinajstić information content (AvgIpc) is 3.49. The van der Waals surface area contributed by atoms with Crippen LogP contribution in [0.2, 0.25) is 0 Å². The minimum absolute atomic E-state index is 0.0957. The van der Waals surface area contributed by atoms with Gasteiger partial charge in [-0.15, -0.1) is 23.2 Å². The van der Waals surface area contributed by atoms with Crippen molar-refractivity contribution >= 4 is 80.1 Å². The molecule has 0 aliphatic heterocycles. The number of ether oxygens (including phenoxy) is 1. The maximum absolute atomic E-state index is 13.3. The molecule has 5 rings (SSSR count). The predicted octanol–water partition coefficient (Wildman–Crippen LogP) is 8.42. The first-order chi connectivity index (χ1) is 22.9. The summed E-state index contributed by atoms with van der Waals surface area (Å²) in [6, 6.07) is 24.4. The molecule has 2 heterocycles. The maximum atomic E-state index is 13.3. The molecule has 0 saturated carbocycles. The second-order valence-electron chi connectivity index (χ2n) is 11.7. The standard InChI is InChI=1S/C33H33ClN6O3.C2H2Cl2O/c1-21-9-11-23(12-10-21)40-30(18-28(39-40)33(2,3)4)38-32(42)36-26-13-14-27(25-8-6-5-7-24(25)26)43-20-22-15-16-35-29(17-22)37-31(41)19-34;3-1-2(4)5/h5-18H,19-20H2,1-4H3,(H,35,37,41)(H2,36,38,42);1H2. The average molecular weight is 710 g/mol. The summed E-state index contributed by atoms with van der Waals surface area (Å²) in [4.78, 5) is 38.5. The molecule has 10 nitrogen and oxygen atoms in total. The van der Waals surface area contributed by atoms with Crippen LogP contribution in [0.15, 0.2) is 85.1 Å². The quantitative estimate of drug-likeness (QED) is 0.104. The van der Waals surface area contributed by atoms with E-state index in [0.717, 1.165) is 33.3 Å². The number of halogens is 3. The summed E-state index contributed by atoms with van der Waals surface area (Å²) >= 11 is 15.1. The molecule has 0 radical (unpaired) electrons. The number of amides is 3.